The molecule has 0 aromatic heterocycles. The Kier molecular flexibility index (Phi) is 6.01. The van der Waals surface area contributed by atoms with Crippen LogP contribution in [0.2, 0.25) is 0 Å². The van der Waals surface area contributed by atoms with Crippen LogP contribution in [0.15, 0.2) is 0 Å². The summed E-state index contributed by atoms with van der Waals surface area (Å²) >= 11 is 0. The van der Waals surface area contributed by atoms with E-state index in [-0.39, 0.29) is 24.0 Å². The molecule has 1 heterocycles. The summed E-state index contributed by atoms with van der Waals surface area (Å²) in [7, 11) is 0. The van der Waals surface area contributed by atoms with Crippen molar-refractivity contribution in [2.45, 2.75) is 89.1 Å². The van der Waals surface area contributed by atoms with Gasteiger partial charge in [0.1, 0.15) is 12.1 Å². The zero-order valence-corrected chi connectivity index (χ0v) is 18.7. The molecule has 5 fully saturated rings. The fourth-order valence-electron chi connectivity index (χ4n) is 7.05. The molecule has 31 heavy (non-hydrogen) atoms. The summed E-state index contributed by atoms with van der Waals surface area (Å²) in [6.45, 7) is 3.07. The highest BCUT2D eigenvalue weighted by Gasteiger charge is 2.52. The van der Waals surface area contributed by atoms with Crippen molar-refractivity contribution in [2.75, 3.05) is 13.2 Å². The molecule has 4 aliphatic carbocycles. The zero-order valence-electron chi connectivity index (χ0n) is 18.7. The quantitative estimate of drug-likeness (QED) is 0.429. The summed E-state index contributed by atoms with van der Waals surface area (Å²) < 4.78 is 5.14. The molecule has 0 atom stereocenters. The maximum absolute atomic E-state index is 12.9. The Bertz CT molecular complexity index is 723. The number of amides is 4. The maximum atomic E-state index is 12.9. The lowest BCUT2D eigenvalue weighted by Gasteiger charge is -2.56. The van der Waals surface area contributed by atoms with Crippen molar-refractivity contribution in [3.8, 4) is 0 Å². The summed E-state index contributed by atoms with van der Waals surface area (Å²) in [4.78, 5) is 51.0. The number of urea groups is 1. The van der Waals surface area contributed by atoms with Gasteiger partial charge >= 0.3 is 12.0 Å². The number of esters is 1. The van der Waals surface area contributed by atoms with Crippen LogP contribution in [-0.2, 0) is 19.1 Å². The van der Waals surface area contributed by atoms with Crippen molar-refractivity contribution < 1.29 is 23.9 Å². The van der Waals surface area contributed by atoms with E-state index in [1.807, 2.05) is 13.8 Å². The van der Waals surface area contributed by atoms with Crippen LogP contribution < -0.4 is 10.6 Å². The third-order valence-electron chi connectivity index (χ3n) is 7.69. The van der Waals surface area contributed by atoms with Crippen LogP contribution in [0.25, 0.3) is 0 Å². The number of imide groups is 1. The van der Waals surface area contributed by atoms with E-state index in [1.54, 1.807) is 0 Å². The molecule has 2 N–H and O–H groups in total. The molecular weight excluding hydrogens is 398 g/mol. The van der Waals surface area contributed by atoms with E-state index >= 15 is 0 Å². The Balaban J connectivity index is 1.28. The maximum Gasteiger partial charge on any atom is 0.326 e. The largest absolute Gasteiger partial charge is 0.454 e. The Morgan fingerprint density at radius 3 is 2.10 bits per heavy atom. The third kappa shape index (κ3) is 4.30. The molecule has 0 spiro atoms. The van der Waals surface area contributed by atoms with Gasteiger partial charge in [0.2, 0.25) is 0 Å². The Morgan fingerprint density at radius 2 is 1.58 bits per heavy atom. The van der Waals surface area contributed by atoms with E-state index in [2.05, 4.69) is 10.6 Å². The second kappa shape index (κ2) is 8.43. The van der Waals surface area contributed by atoms with Crippen molar-refractivity contribution in [1.29, 1.82) is 0 Å². The molecule has 4 bridgehead atoms. The van der Waals surface area contributed by atoms with Crippen molar-refractivity contribution in [2.24, 2.45) is 17.8 Å². The molecule has 8 heteroatoms. The number of hydrogen-bond donors (Lipinski definition) is 2. The van der Waals surface area contributed by atoms with Crippen molar-refractivity contribution in [1.82, 2.24) is 15.5 Å². The summed E-state index contributed by atoms with van der Waals surface area (Å²) in [5.41, 5.74) is -1.07. The fourth-order valence-corrected chi connectivity index (χ4v) is 7.05. The molecule has 1 saturated heterocycles. The van der Waals surface area contributed by atoms with Gasteiger partial charge in [-0.3, -0.25) is 19.3 Å². The van der Waals surface area contributed by atoms with Crippen LogP contribution in [0.5, 0.6) is 0 Å². The first kappa shape index (κ1) is 22.1. The zero-order chi connectivity index (χ0) is 22.2. The van der Waals surface area contributed by atoms with Crippen molar-refractivity contribution in [3.05, 3.63) is 0 Å². The third-order valence-corrected chi connectivity index (χ3v) is 7.69. The van der Waals surface area contributed by atoms with E-state index in [0.717, 1.165) is 37.0 Å². The van der Waals surface area contributed by atoms with Gasteiger partial charge in [0.05, 0.1) is 0 Å². The Labute approximate surface area is 183 Å². The van der Waals surface area contributed by atoms with Gasteiger partial charge < -0.3 is 15.4 Å². The summed E-state index contributed by atoms with van der Waals surface area (Å²) in [5.74, 6) is 0.712. The van der Waals surface area contributed by atoms with Crippen LogP contribution >= 0.6 is 0 Å². The minimum absolute atomic E-state index is 0.136. The van der Waals surface area contributed by atoms with Gasteiger partial charge in [-0.1, -0.05) is 26.7 Å². The fraction of sp³-hybridized carbons (Fsp3) is 0.826. The molecule has 4 saturated carbocycles. The van der Waals surface area contributed by atoms with Gasteiger partial charge in [-0.05, 0) is 69.1 Å². The molecule has 0 aromatic carbocycles. The first-order valence-electron chi connectivity index (χ1n) is 11.9. The summed E-state index contributed by atoms with van der Waals surface area (Å²) in [6.07, 6.45) is 9.49. The molecule has 172 valence electrons. The smallest absolute Gasteiger partial charge is 0.326 e. The van der Waals surface area contributed by atoms with E-state index in [0.29, 0.717) is 30.6 Å². The van der Waals surface area contributed by atoms with E-state index in [9.17, 15) is 19.2 Å². The minimum Gasteiger partial charge on any atom is -0.454 e. The van der Waals surface area contributed by atoms with E-state index in [1.165, 1.54) is 19.3 Å². The number of hydrogen-bond acceptors (Lipinski definition) is 5. The van der Waals surface area contributed by atoms with Crippen molar-refractivity contribution >= 4 is 23.8 Å². The van der Waals surface area contributed by atoms with Crippen molar-refractivity contribution in [3.63, 3.8) is 0 Å². The van der Waals surface area contributed by atoms with Gasteiger partial charge in [-0.15, -0.1) is 0 Å². The number of carbonyl (C=O) groups excluding carboxylic acids is 4. The summed E-state index contributed by atoms with van der Waals surface area (Å²) in [5, 5.41) is 5.94. The second-order valence-electron chi connectivity index (χ2n) is 10.3. The number of ether oxygens (including phenoxy) is 1. The minimum atomic E-state index is -0.934. The molecule has 0 radical (unpaired) electrons. The average molecular weight is 434 g/mol. The standard InChI is InChI=1S/C23H35N3O5/c1-3-5-23(6-4-2)20(29)26(21(30)25-23)13-19(28)31-14-18(27)24-22-10-15-7-16(11-22)9-17(8-15)12-22/h15-17H,3-14H2,1-2H3,(H,24,27)(H,25,30). The molecule has 1 aliphatic heterocycles. The van der Waals surface area contributed by atoms with Crippen LogP contribution in [0.3, 0.4) is 0 Å². The highest BCUT2D eigenvalue weighted by atomic mass is 16.5. The monoisotopic (exact) mass is 433 g/mol. The number of carbonyl (C=O) groups is 4. The van der Waals surface area contributed by atoms with Gasteiger partial charge in [-0.2, -0.15) is 0 Å². The predicted octanol–water partition coefficient (Wildman–Crippen LogP) is 2.51. The Morgan fingerprint density at radius 1 is 1.03 bits per heavy atom. The van der Waals surface area contributed by atoms with Gasteiger partial charge in [0, 0.05) is 5.54 Å². The first-order chi connectivity index (χ1) is 14.8. The molecule has 5 aliphatic rings. The SMILES string of the molecule is CCCC1(CCC)NC(=O)N(CC(=O)OCC(=O)NC23CC4CC(CC(C4)C2)C3)C1=O. The van der Waals surface area contributed by atoms with Crippen LogP contribution in [0.1, 0.15) is 78.1 Å². The Hall–Kier alpha value is -2.12. The number of rotatable bonds is 9. The van der Waals surface area contributed by atoms with Gasteiger partial charge in [-0.25, -0.2) is 4.79 Å². The molecule has 4 amide bonds. The van der Waals surface area contributed by atoms with E-state index in [4.69, 9.17) is 4.74 Å². The molecule has 5 rings (SSSR count). The van der Waals surface area contributed by atoms with Gasteiger partial charge in [0.25, 0.3) is 11.8 Å². The van der Waals surface area contributed by atoms with Gasteiger partial charge in [0.15, 0.2) is 6.61 Å². The molecule has 0 aromatic rings. The second-order valence-corrected chi connectivity index (χ2v) is 10.3. The average Bonchev–Trinajstić information content (AvgIpc) is 2.90. The molecule has 0 unspecified atom stereocenters. The van der Waals surface area contributed by atoms with E-state index < -0.39 is 24.1 Å². The highest BCUT2D eigenvalue weighted by molar-refractivity contribution is 6.08. The van der Waals surface area contributed by atoms with Crippen LogP contribution in [0, 0.1) is 17.8 Å². The highest BCUT2D eigenvalue weighted by Crippen LogP contribution is 2.55. The molecular formula is C23H35N3O5. The first-order valence-corrected chi connectivity index (χ1v) is 11.9. The lowest BCUT2D eigenvalue weighted by molar-refractivity contribution is -0.152. The van der Waals surface area contributed by atoms with Crippen LogP contribution in [0.4, 0.5) is 4.79 Å². The lowest BCUT2D eigenvalue weighted by Crippen LogP contribution is -2.60. The van der Waals surface area contributed by atoms with Crippen LogP contribution in [-0.4, -0.2) is 52.9 Å². The number of nitrogens with one attached hydrogen (secondary N) is 2. The predicted molar refractivity (Wildman–Crippen MR) is 113 cm³/mol. The number of nitrogens with zero attached hydrogens (tertiary/aromatic N) is 1. The molecule has 8 nitrogen and oxygen atoms in total. The normalized spacial score (nSPS) is 32.8. The topological polar surface area (TPSA) is 105 Å². The summed E-state index contributed by atoms with van der Waals surface area (Å²) in [6, 6.07) is -0.568. The lowest BCUT2D eigenvalue weighted by atomic mass is 9.53.